The second-order valence-corrected chi connectivity index (χ2v) is 4.50. The van der Waals surface area contributed by atoms with E-state index in [1.165, 1.54) is 0 Å². The van der Waals surface area contributed by atoms with E-state index in [0.29, 0.717) is 5.58 Å². The maximum atomic E-state index is 11.0. The van der Waals surface area contributed by atoms with Gasteiger partial charge in [0.25, 0.3) is 6.01 Å². The third-order valence-corrected chi connectivity index (χ3v) is 2.57. The molecule has 0 bridgehead atoms. The number of benzene rings is 1. The van der Waals surface area contributed by atoms with Crippen molar-refractivity contribution in [2.45, 2.75) is 26.3 Å². The summed E-state index contributed by atoms with van der Waals surface area (Å²) in [6.45, 7) is 5.03. The number of hydrogen-bond acceptors (Lipinski definition) is 4. The monoisotopic (exact) mass is 234 g/mol. The Labute approximate surface area is 98.5 Å². The lowest BCUT2D eigenvalue weighted by Gasteiger charge is -2.18. The summed E-state index contributed by atoms with van der Waals surface area (Å²) in [5.41, 5.74) is 1.27. The quantitative estimate of drug-likeness (QED) is 0.852. The fraction of sp³-hybridized carbons (Fsp3) is 0.333. The van der Waals surface area contributed by atoms with E-state index in [1.807, 2.05) is 19.1 Å². The first kappa shape index (κ1) is 11.4. The van der Waals surface area contributed by atoms with Crippen LogP contribution in [0.1, 0.15) is 19.4 Å². The van der Waals surface area contributed by atoms with Crippen molar-refractivity contribution in [3.05, 3.63) is 23.8 Å². The summed E-state index contributed by atoms with van der Waals surface area (Å²) < 4.78 is 5.45. The fourth-order valence-corrected chi connectivity index (χ4v) is 1.46. The van der Waals surface area contributed by atoms with Gasteiger partial charge >= 0.3 is 5.97 Å². The third kappa shape index (κ3) is 2.08. The predicted octanol–water partition coefficient (Wildman–Crippen LogP) is 2.41. The van der Waals surface area contributed by atoms with Gasteiger partial charge in [0.15, 0.2) is 5.58 Å². The predicted molar refractivity (Wildman–Crippen MR) is 64.1 cm³/mol. The molecule has 0 atom stereocenters. The summed E-state index contributed by atoms with van der Waals surface area (Å²) in [6, 6.07) is 5.82. The summed E-state index contributed by atoms with van der Waals surface area (Å²) in [5, 5.41) is 11.8. The van der Waals surface area contributed by atoms with E-state index in [1.54, 1.807) is 19.9 Å². The number of nitrogens with one attached hydrogen (secondary N) is 1. The number of fused-ring (bicyclic) bond motifs is 1. The molecule has 90 valence electrons. The highest BCUT2D eigenvalue weighted by Gasteiger charge is 2.28. The number of aliphatic carboxylic acids is 1. The smallest absolute Gasteiger partial charge is 0.328 e. The molecule has 5 nitrogen and oxygen atoms in total. The minimum Gasteiger partial charge on any atom is -0.480 e. The highest BCUT2D eigenvalue weighted by molar-refractivity contribution is 5.82. The van der Waals surface area contributed by atoms with Crippen LogP contribution in [0.5, 0.6) is 0 Å². The maximum absolute atomic E-state index is 11.0. The number of carbonyl (C=O) groups is 1. The maximum Gasteiger partial charge on any atom is 0.328 e. The molecule has 0 spiro atoms. The van der Waals surface area contributed by atoms with Gasteiger partial charge in [-0.1, -0.05) is 12.1 Å². The van der Waals surface area contributed by atoms with Crippen LogP contribution in [-0.2, 0) is 4.79 Å². The van der Waals surface area contributed by atoms with Crippen LogP contribution in [0.25, 0.3) is 11.1 Å². The van der Waals surface area contributed by atoms with Gasteiger partial charge < -0.3 is 14.8 Å². The van der Waals surface area contributed by atoms with Gasteiger partial charge in [0.05, 0.1) is 0 Å². The van der Waals surface area contributed by atoms with Crippen LogP contribution in [-0.4, -0.2) is 21.6 Å². The van der Waals surface area contributed by atoms with E-state index in [4.69, 9.17) is 9.52 Å². The molecule has 1 heterocycles. The molecule has 0 aliphatic rings. The van der Waals surface area contributed by atoms with E-state index in [-0.39, 0.29) is 6.01 Å². The molecule has 0 aliphatic heterocycles. The van der Waals surface area contributed by atoms with Crippen LogP contribution < -0.4 is 5.32 Å². The third-order valence-electron chi connectivity index (χ3n) is 2.57. The second kappa shape index (κ2) is 3.76. The minimum absolute atomic E-state index is 0.224. The average Bonchev–Trinajstić information content (AvgIpc) is 2.60. The number of oxazole rings is 1. The number of aryl methyl sites for hydroxylation is 1. The summed E-state index contributed by atoms with van der Waals surface area (Å²) >= 11 is 0. The molecule has 5 heteroatoms. The number of rotatable bonds is 3. The van der Waals surface area contributed by atoms with Crippen molar-refractivity contribution in [3.8, 4) is 0 Å². The zero-order chi connectivity index (χ0) is 12.6. The Bertz CT molecular complexity index is 572. The molecule has 0 unspecified atom stereocenters. The largest absolute Gasteiger partial charge is 0.480 e. The molecule has 0 radical (unpaired) electrons. The Morgan fingerprint density at radius 2 is 2.18 bits per heavy atom. The Hall–Kier alpha value is -2.04. The first-order valence-electron chi connectivity index (χ1n) is 5.28. The lowest BCUT2D eigenvalue weighted by atomic mass is 10.1. The number of para-hydroxylation sites is 1. The lowest BCUT2D eigenvalue weighted by molar-refractivity contribution is -0.141. The zero-order valence-corrected chi connectivity index (χ0v) is 9.94. The zero-order valence-electron chi connectivity index (χ0n) is 9.94. The average molecular weight is 234 g/mol. The molecule has 0 saturated heterocycles. The summed E-state index contributed by atoms with van der Waals surface area (Å²) in [6.07, 6.45) is 0. The van der Waals surface area contributed by atoms with Crippen molar-refractivity contribution in [1.29, 1.82) is 0 Å². The van der Waals surface area contributed by atoms with Crippen molar-refractivity contribution < 1.29 is 14.3 Å². The number of carboxylic acids is 1. The molecule has 2 rings (SSSR count). The van der Waals surface area contributed by atoms with E-state index in [0.717, 1.165) is 11.1 Å². The van der Waals surface area contributed by atoms with Gasteiger partial charge in [0.2, 0.25) is 0 Å². The van der Waals surface area contributed by atoms with Crippen LogP contribution >= 0.6 is 0 Å². The molecule has 2 aromatic rings. The molecule has 1 aromatic carbocycles. The van der Waals surface area contributed by atoms with Crippen molar-refractivity contribution in [3.63, 3.8) is 0 Å². The van der Waals surface area contributed by atoms with E-state index in [2.05, 4.69) is 10.3 Å². The summed E-state index contributed by atoms with van der Waals surface area (Å²) in [7, 11) is 0. The Morgan fingerprint density at radius 1 is 1.47 bits per heavy atom. The van der Waals surface area contributed by atoms with Crippen LogP contribution in [0.15, 0.2) is 22.6 Å². The van der Waals surface area contributed by atoms with Crippen molar-refractivity contribution in [1.82, 2.24) is 4.98 Å². The molecule has 0 amide bonds. The highest BCUT2D eigenvalue weighted by Crippen LogP contribution is 2.23. The summed E-state index contributed by atoms with van der Waals surface area (Å²) in [4.78, 5) is 15.2. The Balaban J connectivity index is 2.38. The second-order valence-electron chi connectivity index (χ2n) is 4.50. The van der Waals surface area contributed by atoms with Gasteiger partial charge in [-0.3, -0.25) is 0 Å². The standard InChI is InChI=1S/C12H14N2O3/c1-7-5-4-6-8-9(7)13-11(17-8)14-12(2,3)10(15)16/h4-6H,1-3H3,(H,13,14)(H,15,16). The normalized spacial score (nSPS) is 11.7. The molecular formula is C12H14N2O3. The van der Waals surface area contributed by atoms with Gasteiger partial charge in [-0.2, -0.15) is 4.98 Å². The first-order valence-corrected chi connectivity index (χ1v) is 5.28. The fourth-order valence-electron chi connectivity index (χ4n) is 1.46. The number of hydrogen-bond donors (Lipinski definition) is 2. The first-order chi connectivity index (χ1) is 7.90. The van der Waals surface area contributed by atoms with Gasteiger partial charge in [-0.15, -0.1) is 0 Å². The number of carboxylic acid groups (broad SMARTS) is 1. The van der Waals surface area contributed by atoms with Gasteiger partial charge in [0.1, 0.15) is 11.1 Å². The molecule has 0 aliphatic carbocycles. The molecule has 17 heavy (non-hydrogen) atoms. The SMILES string of the molecule is Cc1cccc2oc(NC(C)(C)C(=O)O)nc12. The van der Waals surface area contributed by atoms with Crippen LogP contribution in [0.3, 0.4) is 0 Å². The van der Waals surface area contributed by atoms with Crippen LogP contribution in [0.2, 0.25) is 0 Å². The number of anilines is 1. The summed E-state index contributed by atoms with van der Waals surface area (Å²) in [5.74, 6) is -0.962. The Morgan fingerprint density at radius 3 is 2.76 bits per heavy atom. The topological polar surface area (TPSA) is 75.4 Å². The van der Waals surface area contributed by atoms with Crippen molar-refractivity contribution in [2.75, 3.05) is 5.32 Å². The molecule has 2 N–H and O–H groups in total. The van der Waals surface area contributed by atoms with Gasteiger partial charge in [-0.05, 0) is 32.4 Å². The number of nitrogens with zero attached hydrogens (tertiary/aromatic N) is 1. The van der Waals surface area contributed by atoms with Crippen LogP contribution in [0, 0.1) is 6.92 Å². The van der Waals surface area contributed by atoms with E-state index < -0.39 is 11.5 Å². The molecular weight excluding hydrogens is 220 g/mol. The minimum atomic E-state index is -1.12. The molecule has 0 fully saturated rings. The van der Waals surface area contributed by atoms with Crippen molar-refractivity contribution >= 4 is 23.1 Å². The van der Waals surface area contributed by atoms with Gasteiger partial charge in [0, 0.05) is 0 Å². The number of aromatic nitrogens is 1. The van der Waals surface area contributed by atoms with E-state index >= 15 is 0 Å². The molecule has 0 saturated carbocycles. The molecule has 1 aromatic heterocycles. The Kier molecular flexibility index (Phi) is 2.53. The van der Waals surface area contributed by atoms with Gasteiger partial charge in [-0.25, -0.2) is 4.79 Å². The lowest BCUT2D eigenvalue weighted by Crippen LogP contribution is -2.40. The van der Waals surface area contributed by atoms with Crippen molar-refractivity contribution in [2.24, 2.45) is 0 Å². The van der Waals surface area contributed by atoms with E-state index in [9.17, 15) is 4.79 Å². The van der Waals surface area contributed by atoms with Crippen LogP contribution in [0.4, 0.5) is 6.01 Å². The highest BCUT2D eigenvalue weighted by atomic mass is 16.4.